The highest BCUT2D eigenvalue weighted by Crippen LogP contribution is 2.42. The Balaban J connectivity index is 1.79. The first-order valence-corrected chi connectivity index (χ1v) is 16.4. The summed E-state index contributed by atoms with van der Waals surface area (Å²) < 4.78 is 36.7. The molecule has 234 valence electrons. The number of nitrogens with zero attached hydrogens (tertiary/aromatic N) is 2. The Kier molecular flexibility index (Phi) is 8.57. The number of ether oxygens (including phenoxy) is 2. The smallest absolute Gasteiger partial charge is 0.337 e. The minimum Gasteiger partial charge on any atom is -0.493 e. The average Bonchev–Trinajstić information content (AvgIpc) is 2.97. The lowest BCUT2D eigenvalue weighted by Crippen LogP contribution is -2.36. The predicted molar refractivity (Wildman–Crippen MR) is 174 cm³/mol. The molecule has 9 nitrogen and oxygen atoms in total. The van der Waals surface area contributed by atoms with E-state index in [2.05, 4.69) is 6.58 Å². The lowest BCUT2D eigenvalue weighted by atomic mass is 9.84. The van der Waals surface area contributed by atoms with E-state index in [4.69, 9.17) is 14.5 Å². The van der Waals surface area contributed by atoms with Crippen molar-refractivity contribution >= 4 is 43.9 Å². The van der Waals surface area contributed by atoms with Crippen molar-refractivity contribution in [3.63, 3.8) is 0 Å². The standard InChI is InChI=1S/C35H36N2O7S/c1-21-10-13-28(38)37(24-8-7-9-25(20-24)45(6,41)42)18-15-22(2)30(33(34(39)40)44-35(3,4)5)29(21)26-11-12-27-31-23(16-19-43-27)14-17-36-32(26)31/h7-15,17,20,33H,1,16,18-19H2,2-6H3,(H,39,40)/b13-10-,22-15-,30-29-. The van der Waals surface area contributed by atoms with E-state index in [1.54, 1.807) is 58.2 Å². The van der Waals surface area contributed by atoms with Gasteiger partial charge in [-0.15, -0.1) is 0 Å². The van der Waals surface area contributed by atoms with Gasteiger partial charge >= 0.3 is 5.97 Å². The summed E-state index contributed by atoms with van der Waals surface area (Å²) in [5, 5.41) is 11.4. The van der Waals surface area contributed by atoms with Gasteiger partial charge in [-0.25, -0.2) is 13.2 Å². The molecule has 0 saturated heterocycles. The van der Waals surface area contributed by atoms with Gasteiger partial charge in [0.15, 0.2) is 15.9 Å². The van der Waals surface area contributed by atoms with Crippen molar-refractivity contribution in [2.24, 2.45) is 0 Å². The number of carboxylic acid groups (broad SMARTS) is 1. The molecule has 1 unspecified atom stereocenters. The Morgan fingerprint density at radius 2 is 1.91 bits per heavy atom. The van der Waals surface area contributed by atoms with Crippen LogP contribution in [0.25, 0.3) is 16.5 Å². The van der Waals surface area contributed by atoms with Gasteiger partial charge in [0, 0.05) is 53.7 Å². The topological polar surface area (TPSA) is 123 Å². The average molecular weight is 629 g/mol. The summed E-state index contributed by atoms with van der Waals surface area (Å²) in [6, 6.07) is 11.8. The van der Waals surface area contributed by atoms with E-state index in [0.29, 0.717) is 57.8 Å². The molecular formula is C35H36N2O7S. The molecule has 1 atom stereocenters. The van der Waals surface area contributed by atoms with Crippen LogP contribution in [0, 0.1) is 0 Å². The number of carbonyl (C=O) groups is 2. The Hall–Kier alpha value is -4.54. The zero-order chi connectivity index (χ0) is 32.7. The molecule has 45 heavy (non-hydrogen) atoms. The third-order valence-corrected chi connectivity index (χ3v) is 8.75. The number of hydrogen-bond donors (Lipinski definition) is 1. The molecule has 0 bridgehead atoms. The summed E-state index contributed by atoms with van der Waals surface area (Å²) in [5.74, 6) is -0.897. The second-order valence-corrected chi connectivity index (χ2v) is 14.1. The second kappa shape index (κ2) is 12.1. The molecular weight excluding hydrogens is 592 g/mol. The van der Waals surface area contributed by atoms with Gasteiger partial charge in [-0.1, -0.05) is 18.7 Å². The number of benzene rings is 2. The molecule has 0 fully saturated rings. The Morgan fingerprint density at radius 3 is 2.60 bits per heavy atom. The van der Waals surface area contributed by atoms with Crippen LogP contribution in [0.3, 0.4) is 0 Å². The maximum absolute atomic E-state index is 13.6. The summed E-state index contributed by atoms with van der Waals surface area (Å²) in [7, 11) is -3.53. The fourth-order valence-corrected chi connectivity index (χ4v) is 6.26. The zero-order valence-electron chi connectivity index (χ0n) is 26.0. The molecule has 0 spiro atoms. The number of aliphatic carboxylic acids is 1. The molecule has 0 radical (unpaired) electrons. The molecule has 2 aromatic carbocycles. The molecule has 2 aliphatic rings. The summed E-state index contributed by atoms with van der Waals surface area (Å²) in [5.41, 5.74) is 3.66. The highest BCUT2D eigenvalue weighted by Gasteiger charge is 2.34. The first-order valence-electron chi connectivity index (χ1n) is 14.5. The normalized spacial score (nSPS) is 20.3. The molecule has 2 aliphatic heterocycles. The number of rotatable bonds is 6. The van der Waals surface area contributed by atoms with Crippen molar-refractivity contribution in [3.05, 3.63) is 101 Å². The molecule has 3 heterocycles. The van der Waals surface area contributed by atoms with Crippen LogP contribution in [0.15, 0.2) is 95.1 Å². The number of pyridine rings is 1. The van der Waals surface area contributed by atoms with E-state index in [-0.39, 0.29) is 11.4 Å². The molecule has 1 N–H and O–H groups in total. The lowest BCUT2D eigenvalue weighted by molar-refractivity contribution is -0.155. The Morgan fingerprint density at radius 1 is 1.16 bits per heavy atom. The summed E-state index contributed by atoms with van der Waals surface area (Å²) >= 11 is 0. The van der Waals surface area contributed by atoms with Crippen LogP contribution < -0.4 is 9.64 Å². The van der Waals surface area contributed by atoms with Crippen molar-refractivity contribution in [2.75, 3.05) is 24.3 Å². The van der Waals surface area contributed by atoms with E-state index >= 15 is 0 Å². The van der Waals surface area contributed by atoms with Gasteiger partial charge in [0.25, 0.3) is 5.91 Å². The highest BCUT2D eigenvalue weighted by atomic mass is 32.2. The van der Waals surface area contributed by atoms with Crippen LogP contribution in [-0.2, 0) is 30.6 Å². The Labute approximate surface area is 263 Å². The van der Waals surface area contributed by atoms with Gasteiger partial charge in [-0.05, 0) is 92.5 Å². The van der Waals surface area contributed by atoms with Crippen LogP contribution in [-0.4, -0.2) is 61.5 Å². The SMILES string of the molecule is C=C1/C=C\C(=O)N(c2cccc(S(C)(=O)=O)c2)C/C=C(C)\C(C(OC(C)(C)C)C(=O)O)=C/1c1ccc2c3c(ccnc13)CCO2. The fourth-order valence-electron chi connectivity index (χ4n) is 5.60. The van der Waals surface area contributed by atoms with Crippen molar-refractivity contribution in [2.45, 2.75) is 50.7 Å². The number of carboxylic acids is 1. The van der Waals surface area contributed by atoms with Crippen LogP contribution >= 0.6 is 0 Å². The van der Waals surface area contributed by atoms with Crippen LogP contribution in [0.5, 0.6) is 5.75 Å². The van der Waals surface area contributed by atoms with Gasteiger partial charge in [0.1, 0.15) is 5.75 Å². The van der Waals surface area contributed by atoms with Crippen molar-refractivity contribution in [1.82, 2.24) is 4.98 Å². The third-order valence-electron chi connectivity index (χ3n) is 7.64. The highest BCUT2D eigenvalue weighted by molar-refractivity contribution is 7.90. The number of anilines is 1. The van der Waals surface area contributed by atoms with Gasteiger partial charge in [0.2, 0.25) is 0 Å². The minimum atomic E-state index is -3.53. The largest absolute Gasteiger partial charge is 0.493 e. The maximum atomic E-state index is 13.6. The first-order chi connectivity index (χ1) is 21.2. The van der Waals surface area contributed by atoms with Crippen LogP contribution in [0.1, 0.15) is 38.8 Å². The molecule has 1 aromatic heterocycles. The Bertz CT molecular complexity index is 1920. The quantitative estimate of drug-likeness (QED) is 0.369. The second-order valence-electron chi connectivity index (χ2n) is 12.1. The molecule has 1 amide bonds. The summed E-state index contributed by atoms with van der Waals surface area (Å²) in [6.07, 6.45) is 6.78. The number of amides is 1. The fraction of sp³-hybridized carbons (Fsp3) is 0.286. The van der Waals surface area contributed by atoms with Crippen LogP contribution in [0.2, 0.25) is 0 Å². The number of allylic oxidation sites excluding steroid dienone is 3. The van der Waals surface area contributed by atoms with E-state index in [1.807, 2.05) is 18.2 Å². The molecule has 0 saturated carbocycles. The molecule has 5 rings (SSSR count). The monoisotopic (exact) mass is 628 g/mol. The molecule has 10 heteroatoms. The lowest BCUT2D eigenvalue weighted by Gasteiger charge is -2.30. The van der Waals surface area contributed by atoms with Crippen molar-refractivity contribution in [1.29, 1.82) is 0 Å². The van der Waals surface area contributed by atoms with E-state index in [1.165, 1.54) is 23.1 Å². The number of carbonyl (C=O) groups excluding carboxylic acids is 1. The van der Waals surface area contributed by atoms with Crippen LogP contribution in [0.4, 0.5) is 5.69 Å². The van der Waals surface area contributed by atoms with Crippen molar-refractivity contribution in [3.8, 4) is 5.75 Å². The predicted octanol–water partition coefficient (Wildman–Crippen LogP) is 5.70. The number of hydrogen-bond acceptors (Lipinski definition) is 7. The number of sulfone groups is 1. The molecule has 0 aliphatic carbocycles. The minimum absolute atomic E-state index is 0.0310. The number of aromatic nitrogens is 1. The van der Waals surface area contributed by atoms with Gasteiger partial charge in [-0.2, -0.15) is 0 Å². The van der Waals surface area contributed by atoms with E-state index < -0.39 is 33.4 Å². The van der Waals surface area contributed by atoms with Gasteiger partial charge in [-0.3, -0.25) is 9.78 Å². The molecule has 3 aromatic rings. The maximum Gasteiger partial charge on any atom is 0.337 e. The third kappa shape index (κ3) is 6.62. The van der Waals surface area contributed by atoms with Crippen molar-refractivity contribution < 1.29 is 32.6 Å². The van der Waals surface area contributed by atoms with E-state index in [0.717, 1.165) is 17.2 Å². The van der Waals surface area contributed by atoms with Gasteiger partial charge < -0.3 is 19.5 Å². The van der Waals surface area contributed by atoms with E-state index in [9.17, 15) is 23.1 Å². The summed E-state index contributed by atoms with van der Waals surface area (Å²) in [6.45, 7) is 12.0. The summed E-state index contributed by atoms with van der Waals surface area (Å²) in [4.78, 5) is 32.8. The first kappa shape index (κ1) is 31.9. The zero-order valence-corrected chi connectivity index (χ0v) is 26.8. The van der Waals surface area contributed by atoms with Gasteiger partial charge in [0.05, 0.1) is 22.6 Å².